The summed E-state index contributed by atoms with van der Waals surface area (Å²) in [5.74, 6) is -0.377. The average Bonchev–Trinajstić information content (AvgIpc) is 3.00. The van der Waals surface area contributed by atoms with E-state index >= 15 is 0 Å². The van der Waals surface area contributed by atoms with Gasteiger partial charge < -0.3 is 0 Å². The first-order valence-corrected chi connectivity index (χ1v) is 16.2. The smallest absolute Gasteiger partial charge is 0.258 e. The van der Waals surface area contributed by atoms with Gasteiger partial charge in [-0.3, -0.25) is 10.1 Å². The molecule has 0 saturated carbocycles. The molecule has 1 amide bonds. The number of nitrogens with one attached hydrogen (secondary N) is 1. The topological polar surface area (TPSA) is 63.2 Å². The van der Waals surface area contributed by atoms with Crippen LogP contribution in [0.3, 0.4) is 0 Å². The Labute approximate surface area is 236 Å². The van der Waals surface area contributed by atoms with E-state index in [0.29, 0.717) is 11.0 Å². The number of hydrogen-bond acceptors (Lipinski definition) is 3. The van der Waals surface area contributed by atoms with Crippen LogP contribution in [0.1, 0.15) is 15.9 Å². The first-order chi connectivity index (χ1) is 19.4. The van der Waals surface area contributed by atoms with Crippen molar-refractivity contribution in [1.82, 2.24) is 5.32 Å². The van der Waals surface area contributed by atoms with Gasteiger partial charge in [0.1, 0.15) is 15.9 Å². The summed E-state index contributed by atoms with van der Waals surface area (Å²) < 4.78 is 28.0. The molecule has 0 radical (unpaired) electrons. The van der Waals surface area contributed by atoms with Crippen LogP contribution in [0.4, 0.5) is 0 Å². The molecular formula is C34H29NO3PS+. The van der Waals surface area contributed by atoms with Crippen LogP contribution >= 0.6 is 7.26 Å². The van der Waals surface area contributed by atoms with Gasteiger partial charge in [0.2, 0.25) is 9.84 Å². The second-order valence-corrected chi connectivity index (χ2v) is 14.5. The summed E-state index contributed by atoms with van der Waals surface area (Å²) in [7, 11) is -6.87. The molecule has 198 valence electrons. The maximum absolute atomic E-state index is 14.0. The van der Waals surface area contributed by atoms with Crippen molar-refractivity contribution in [3.05, 3.63) is 168 Å². The first-order valence-electron chi connectivity index (χ1n) is 12.9. The maximum atomic E-state index is 14.0. The fourth-order valence-electron chi connectivity index (χ4n) is 4.73. The second-order valence-electron chi connectivity index (χ2n) is 9.36. The molecule has 0 aromatic heterocycles. The standard InChI is InChI=1S/C34H28NO3PS/c1-27-22-24-32(25-23-27)40(37,38)26-33(35-34(36)28-14-6-2-7-15-28)39(29-16-8-3-9-17-29,30-18-10-4-11-19-30)31-20-12-5-13-21-31/h2-26H,1H3/p+1. The highest BCUT2D eigenvalue weighted by molar-refractivity contribution is 8.00. The summed E-state index contributed by atoms with van der Waals surface area (Å²) in [5, 5.41) is 7.13. The summed E-state index contributed by atoms with van der Waals surface area (Å²) in [4.78, 5) is 13.9. The van der Waals surface area contributed by atoms with Crippen LogP contribution < -0.4 is 21.2 Å². The Balaban J connectivity index is 1.86. The molecule has 0 fully saturated rings. The molecule has 5 aromatic rings. The van der Waals surface area contributed by atoms with Gasteiger partial charge in [0, 0.05) is 5.56 Å². The Morgan fingerprint density at radius 3 is 1.43 bits per heavy atom. The van der Waals surface area contributed by atoms with Gasteiger partial charge in [-0.15, -0.1) is 0 Å². The number of rotatable bonds is 8. The number of carbonyl (C=O) groups is 1. The molecule has 0 unspecified atom stereocenters. The monoisotopic (exact) mass is 562 g/mol. The first kappa shape index (κ1) is 27.3. The van der Waals surface area contributed by atoms with Crippen molar-refractivity contribution < 1.29 is 13.2 Å². The number of aryl methyl sites for hydroxylation is 1. The third-order valence-corrected chi connectivity index (χ3v) is 12.5. The van der Waals surface area contributed by atoms with E-state index < -0.39 is 17.1 Å². The van der Waals surface area contributed by atoms with Crippen LogP contribution in [0.15, 0.2) is 161 Å². The van der Waals surface area contributed by atoms with Crippen molar-refractivity contribution >= 4 is 38.9 Å². The predicted molar refractivity (Wildman–Crippen MR) is 166 cm³/mol. The van der Waals surface area contributed by atoms with Gasteiger partial charge >= 0.3 is 0 Å². The van der Waals surface area contributed by atoms with Crippen LogP contribution in [-0.2, 0) is 9.84 Å². The fraction of sp³-hybridized carbons (Fsp3) is 0.0294. The molecule has 5 rings (SSSR count). The largest absolute Gasteiger partial charge is 0.291 e. The van der Waals surface area contributed by atoms with Gasteiger partial charge in [-0.05, 0) is 67.6 Å². The zero-order valence-electron chi connectivity index (χ0n) is 22.0. The molecule has 0 spiro atoms. The molecule has 0 aliphatic heterocycles. The van der Waals surface area contributed by atoms with E-state index in [1.165, 1.54) is 5.41 Å². The average molecular weight is 563 g/mol. The normalized spacial score (nSPS) is 12.1. The Morgan fingerprint density at radius 2 is 1.00 bits per heavy atom. The summed E-state index contributed by atoms with van der Waals surface area (Å²) in [6.45, 7) is 1.91. The zero-order chi connectivity index (χ0) is 28.0. The molecule has 0 heterocycles. The van der Waals surface area contributed by atoms with Crippen LogP contribution in [0.5, 0.6) is 0 Å². The van der Waals surface area contributed by atoms with E-state index in [4.69, 9.17) is 0 Å². The molecule has 4 nitrogen and oxygen atoms in total. The summed E-state index contributed by atoms with van der Waals surface area (Å²) in [6, 6.07) is 45.1. The molecule has 0 bridgehead atoms. The lowest BCUT2D eigenvalue weighted by atomic mass is 10.2. The lowest BCUT2D eigenvalue weighted by Crippen LogP contribution is -2.38. The van der Waals surface area contributed by atoms with Crippen molar-refractivity contribution in [3.63, 3.8) is 0 Å². The molecule has 40 heavy (non-hydrogen) atoms. The minimum atomic E-state index is -3.96. The van der Waals surface area contributed by atoms with Crippen molar-refractivity contribution in [2.75, 3.05) is 0 Å². The summed E-state index contributed by atoms with van der Waals surface area (Å²) >= 11 is 0. The molecule has 1 N–H and O–H groups in total. The van der Waals surface area contributed by atoms with E-state index in [1.807, 2.05) is 104 Å². The van der Waals surface area contributed by atoms with Crippen molar-refractivity contribution in [1.29, 1.82) is 0 Å². The Hall–Kier alpha value is -4.31. The molecule has 0 aliphatic carbocycles. The van der Waals surface area contributed by atoms with Crippen molar-refractivity contribution in [2.45, 2.75) is 11.8 Å². The van der Waals surface area contributed by atoms with Gasteiger partial charge in [0.15, 0.2) is 12.7 Å². The number of amides is 1. The fourth-order valence-corrected chi connectivity index (χ4v) is 10.6. The SMILES string of the molecule is Cc1ccc(S(=O)(=O)C=C(NC(=O)c2ccccc2)[P+](c2ccccc2)(c2ccccc2)c2ccccc2)cc1. The van der Waals surface area contributed by atoms with E-state index in [0.717, 1.165) is 21.5 Å². The Kier molecular flexibility index (Phi) is 8.06. The quantitative estimate of drug-likeness (QED) is 0.236. The Bertz CT molecular complexity index is 1630. The van der Waals surface area contributed by atoms with Gasteiger partial charge in [-0.1, -0.05) is 90.5 Å². The zero-order valence-corrected chi connectivity index (χ0v) is 23.7. The molecular weight excluding hydrogens is 533 g/mol. The predicted octanol–water partition coefficient (Wildman–Crippen LogP) is 5.99. The van der Waals surface area contributed by atoms with Crippen LogP contribution in [-0.4, -0.2) is 14.3 Å². The molecule has 0 saturated heterocycles. The van der Waals surface area contributed by atoms with Crippen molar-refractivity contribution in [2.24, 2.45) is 0 Å². The van der Waals surface area contributed by atoms with E-state index in [9.17, 15) is 13.2 Å². The third-order valence-electron chi connectivity index (χ3n) is 6.69. The minimum Gasteiger partial charge on any atom is -0.291 e. The summed E-state index contributed by atoms with van der Waals surface area (Å²) in [5.41, 5.74) is 1.74. The minimum absolute atomic E-state index is 0.164. The number of sulfone groups is 1. The van der Waals surface area contributed by atoms with E-state index in [1.54, 1.807) is 48.5 Å². The number of carbonyl (C=O) groups excluding carboxylic acids is 1. The number of benzene rings is 5. The third kappa shape index (κ3) is 5.53. The van der Waals surface area contributed by atoms with Gasteiger partial charge in [0.05, 0.1) is 10.3 Å². The van der Waals surface area contributed by atoms with E-state index in [-0.39, 0.29) is 10.8 Å². The van der Waals surface area contributed by atoms with Gasteiger partial charge in [0.25, 0.3) is 5.91 Å². The maximum Gasteiger partial charge on any atom is 0.258 e. The van der Waals surface area contributed by atoms with E-state index in [2.05, 4.69) is 5.32 Å². The Morgan fingerprint density at radius 1 is 0.600 bits per heavy atom. The highest BCUT2D eigenvalue weighted by atomic mass is 32.2. The van der Waals surface area contributed by atoms with Gasteiger partial charge in [-0.25, -0.2) is 8.42 Å². The lowest BCUT2D eigenvalue weighted by molar-refractivity contribution is 0.0968. The highest BCUT2D eigenvalue weighted by Crippen LogP contribution is 2.61. The highest BCUT2D eigenvalue weighted by Gasteiger charge is 2.51. The lowest BCUT2D eigenvalue weighted by Gasteiger charge is -2.29. The molecule has 6 heteroatoms. The summed E-state index contributed by atoms with van der Waals surface area (Å²) in [6.07, 6.45) is 0. The molecule has 5 aromatic carbocycles. The molecule has 0 atom stereocenters. The second kappa shape index (κ2) is 11.8. The number of hydrogen-bond donors (Lipinski definition) is 1. The van der Waals surface area contributed by atoms with Crippen molar-refractivity contribution in [3.8, 4) is 0 Å². The van der Waals surface area contributed by atoms with Crippen LogP contribution in [0.2, 0.25) is 0 Å². The van der Waals surface area contributed by atoms with Crippen LogP contribution in [0, 0.1) is 6.92 Å². The van der Waals surface area contributed by atoms with Gasteiger partial charge in [-0.2, -0.15) is 0 Å². The molecule has 0 aliphatic rings. The van der Waals surface area contributed by atoms with Crippen LogP contribution in [0.25, 0.3) is 0 Å².